The molecule has 0 radical (unpaired) electrons. The first kappa shape index (κ1) is 24.6. The molecule has 2 aliphatic rings. The summed E-state index contributed by atoms with van der Waals surface area (Å²) in [4.78, 5) is 12.6. The molecule has 1 saturated heterocycles. The SMILES string of the molecule is CC(C)(C)[C@H]1CC[C@H](Oc2ccc3cc(CN4CC(OC(=O)O)C4)ccc3c2C(F)(F)F)CC1. The van der Waals surface area contributed by atoms with Crippen LogP contribution < -0.4 is 4.74 Å². The van der Waals surface area contributed by atoms with Crippen LogP contribution in [-0.2, 0) is 17.5 Å². The standard InChI is InChI=1S/C26H32F3NO4/c1-25(2,3)18-6-8-19(9-7-18)33-22-11-5-17-12-16(4-10-21(17)23(22)26(27,28)29)13-30-14-20(15-30)34-24(31)32/h4-5,10-12,18-20H,6-9,13-15H2,1-3H3,(H,31,32)/t18-,19-. The fraction of sp³-hybridized carbons (Fsp3) is 0.577. The number of rotatable bonds is 5. The van der Waals surface area contributed by atoms with Crippen LogP contribution in [-0.4, -0.2) is 41.5 Å². The molecule has 0 bridgehead atoms. The van der Waals surface area contributed by atoms with E-state index in [9.17, 15) is 18.0 Å². The molecule has 2 aromatic rings. The van der Waals surface area contributed by atoms with Gasteiger partial charge in [0.2, 0.25) is 0 Å². The van der Waals surface area contributed by atoms with Gasteiger partial charge in [0, 0.05) is 19.6 Å². The topological polar surface area (TPSA) is 59.0 Å². The van der Waals surface area contributed by atoms with Crippen LogP contribution in [0.25, 0.3) is 10.8 Å². The number of alkyl halides is 3. The number of likely N-dealkylation sites (tertiary alicyclic amines) is 1. The second-order valence-corrected chi connectivity index (χ2v) is 10.6. The fourth-order valence-corrected chi connectivity index (χ4v) is 5.20. The second kappa shape index (κ2) is 9.29. The minimum atomic E-state index is -4.53. The van der Waals surface area contributed by atoms with Crippen molar-refractivity contribution < 1.29 is 32.5 Å². The molecular formula is C26H32F3NO4. The molecule has 1 N–H and O–H groups in total. The smallest absolute Gasteiger partial charge is 0.490 e. The summed E-state index contributed by atoms with van der Waals surface area (Å²) in [7, 11) is 0. The molecule has 4 rings (SSSR count). The summed E-state index contributed by atoms with van der Waals surface area (Å²) in [5.74, 6) is 0.463. The van der Waals surface area contributed by atoms with Gasteiger partial charge in [-0.05, 0) is 65.5 Å². The molecule has 0 amide bonds. The molecule has 0 unspecified atom stereocenters. The van der Waals surface area contributed by atoms with E-state index in [4.69, 9.17) is 14.6 Å². The van der Waals surface area contributed by atoms with Crippen molar-refractivity contribution in [2.75, 3.05) is 13.1 Å². The van der Waals surface area contributed by atoms with Crippen LogP contribution in [0, 0.1) is 11.3 Å². The molecule has 1 aliphatic carbocycles. The Labute approximate surface area is 197 Å². The van der Waals surface area contributed by atoms with Crippen molar-refractivity contribution in [3.05, 3.63) is 41.5 Å². The number of fused-ring (bicyclic) bond motifs is 1. The van der Waals surface area contributed by atoms with Crippen molar-refractivity contribution >= 4 is 16.9 Å². The summed E-state index contributed by atoms with van der Waals surface area (Å²) in [5.41, 5.74) is 0.347. The first-order valence-corrected chi connectivity index (χ1v) is 11.8. The lowest BCUT2D eigenvalue weighted by atomic mass is 9.72. The van der Waals surface area contributed by atoms with Crippen LogP contribution in [0.5, 0.6) is 5.75 Å². The highest BCUT2D eigenvalue weighted by Gasteiger charge is 2.38. The van der Waals surface area contributed by atoms with Gasteiger partial charge in [-0.25, -0.2) is 4.79 Å². The average Bonchev–Trinajstić information content (AvgIpc) is 2.70. The molecule has 0 atom stereocenters. The third-order valence-electron chi connectivity index (χ3n) is 7.12. The van der Waals surface area contributed by atoms with Crippen molar-refractivity contribution in [3.8, 4) is 5.75 Å². The van der Waals surface area contributed by atoms with E-state index < -0.39 is 17.9 Å². The fourth-order valence-electron chi connectivity index (χ4n) is 5.20. The number of hydrogen-bond donors (Lipinski definition) is 1. The lowest BCUT2D eigenvalue weighted by molar-refractivity contribution is -0.138. The molecule has 0 aromatic heterocycles. The zero-order chi connectivity index (χ0) is 24.7. The number of hydrogen-bond acceptors (Lipinski definition) is 4. The van der Waals surface area contributed by atoms with Gasteiger partial charge in [-0.15, -0.1) is 0 Å². The number of carbonyl (C=O) groups is 1. The van der Waals surface area contributed by atoms with Crippen LogP contribution >= 0.6 is 0 Å². The molecule has 0 spiro atoms. The van der Waals surface area contributed by atoms with Crippen molar-refractivity contribution in [2.45, 2.75) is 71.4 Å². The van der Waals surface area contributed by atoms with Gasteiger partial charge in [0.15, 0.2) is 0 Å². The highest BCUT2D eigenvalue weighted by atomic mass is 19.4. The monoisotopic (exact) mass is 479 g/mol. The average molecular weight is 480 g/mol. The van der Waals surface area contributed by atoms with Crippen LogP contribution in [0.3, 0.4) is 0 Å². The zero-order valence-corrected chi connectivity index (χ0v) is 19.8. The van der Waals surface area contributed by atoms with Gasteiger partial charge < -0.3 is 14.6 Å². The highest BCUT2D eigenvalue weighted by Crippen LogP contribution is 2.44. The Kier molecular flexibility index (Phi) is 6.73. The highest BCUT2D eigenvalue weighted by molar-refractivity contribution is 5.89. The van der Waals surface area contributed by atoms with E-state index in [-0.39, 0.29) is 28.8 Å². The normalized spacial score (nSPS) is 22.4. The third-order valence-corrected chi connectivity index (χ3v) is 7.12. The first-order chi connectivity index (χ1) is 15.9. The zero-order valence-electron chi connectivity index (χ0n) is 19.8. The Bertz CT molecular complexity index is 1030. The number of carboxylic acid groups (broad SMARTS) is 1. The van der Waals surface area contributed by atoms with Crippen LogP contribution in [0.15, 0.2) is 30.3 Å². The lowest BCUT2D eigenvalue weighted by Crippen LogP contribution is -2.52. The number of benzene rings is 2. The van der Waals surface area contributed by atoms with Crippen LogP contribution in [0.4, 0.5) is 18.0 Å². The summed E-state index contributed by atoms with van der Waals surface area (Å²) in [6.07, 6.45) is -2.94. The van der Waals surface area contributed by atoms with Gasteiger partial charge in [0.05, 0.1) is 6.10 Å². The Balaban J connectivity index is 1.49. The largest absolute Gasteiger partial charge is 0.506 e. The summed E-state index contributed by atoms with van der Waals surface area (Å²) in [5, 5.41) is 9.30. The van der Waals surface area contributed by atoms with Crippen LogP contribution in [0.1, 0.15) is 57.6 Å². The maximum absolute atomic E-state index is 14.1. The van der Waals surface area contributed by atoms with Gasteiger partial charge in [0.1, 0.15) is 17.4 Å². The summed E-state index contributed by atoms with van der Waals surface area (Å²) < 4.78 is 53.0. The molecule has 8 heteroatoms. The molecule has 186 valence electrons. The van der Waals surface area contributed by atoms with E-state index >= 15 is 0 Å². The quantitative estimate of drug-likeness (QED) is 0.483. The van der Waals surface area contributed by atoms with Crippen molar-refractivity contribution in [3.63, 3.8) is 0 Å². The van der Waals surface area contributed by atoms with Gasteiger partial charge in [-0.1, -0.05) is 39.0 Å². The van der Waals surface area contributed by atoms with E-state index in [1.54, 1.807) is 18.2 Å². The van der Waals surface area contributed by atoms with Crippen LogP contribution in [0.2, 0.25) is 0 Å². The predicted octanol–water partition coefficient (Wildman–Crippen LogP) is 6.72. The van der Waals surface area contributed by atoms with E-state index in [2.05, 4.69) is 20.8 Å². The molecule has 34 heavy (non-hydrogen) atoms. The Morgan fingerprint density at radius 1 is 1.03 bits per heavy atom. The summed E-state index contributed by atoms with van der Waals surface area (Å²) >= 11 is 0. The Hall–Kier alpha value is -2.48. The molecule has 2 fully saturated rings. The lowest BCUT2D eigenvalue weighted by Gasteiger charge is -2.37. The van der Waals surface area contributed by atoms with Gasteiger partial charge in [-0.2, -0.15) is 13.2 Å². The minimum Gasteiger partial charge on any atom is -0.490 e. The minimum absolute atomic E-state index is 0.0941. The number of nitrogens with zero attached hydrogens (tertiary/aromatic N) is 1. The van der Waals surface area contributed by atoms with E-state index in [1.165, 1.54) is 12.1 Å². The third kappa shape index (κ3) is 5.59. The van der Waals surface area contributed by atoms with Crippen molar-refractivity contribution in [2.24, 2.45) is 11.3 Å². The molecule has 1 heterocycles. The summed E-state index contributed by atoms with van der Waals surface area (Å²) in [6, 6.07) is 8.11. The maximum Gasteiger partial charge on any atom is 0.506 e. The summed E-state index contributed by atoms with van der Waals surface area (Å²) in [6.45, 7) is 8.10. The Morgan fingerprint density at radius 3 is 2.29 bits per heavy atom. The van der Waals surface area contributed by atoms with E-state index in [0.29, 0.717) is 30.9 Å². The van der Waals surface area contributed by atoms with Crippen molar-refractivity contribution in [1.82, 2.24) is 4.90 Å². The second-order valence-electron chi connectivity index (χ2n) is 10.6. The van der Waals surface area contributed by atoms with E-state index in [1.807, 2.05) is 4.90 Å². The van der Waals surface area contributed by atoms with Gasteiger partial charge >= 0.3 is 12.3 Å². The van der Waals surface area contributed by atoms with Crippen molar-refractivity contribution in [1.29, 1.82) is 0 Å². The molecule has 1 aliphatic heterocycles. The first-order valence-electron chi connectivity index (χ1n) is 11.8. The van der Waals surface area contributed by atoms with E-state index in [0.717, 1.165) is 31.2 Å². The molecule has 2 aromatic carbocycles. The molecular weight excluding hydrogens is 447 g/mol. The molecule has 5 nitrogen and oxygen atoms in total. The molecule has 1 saturated carbocycles. The van der Waals surface area contributed by atoms with Gasteiger partial charge in [0.25, 0.3) is 0 Å². The number of ether oxygens (including phenoxy) is 2. The maximum atomic E-state index is 14.1. The van der Waals surface area contributed by atoms with Gasteiger partial charge in [-0.3, -0.25) is 4.90 Å². The predicted molar refractivity (Wildman–Crippen MR) is 123 cm³/mol. The number of halogens is 3. The Morgan fingerprint density at radius 2 is 1.71 bits per heavy atom.